The first kappa shape index (κ1) is 17.7. The van der Waals surface area contributed by atoms with E-state index in [4.69, 9.17) is 19.6 Å². The molecule has 0 radical (unpaired) electrons. The lowest BCUT2D eigenvalue weighted by atomic mass is 10.2. The average molecular weight is 361 g/mol. The summed E-state index contributed by atoms with van der Waals surface area (Å²) >= 11 is 3.24. The van der Waals surface area contributed by atoms with Gasteiger partial charge >= 0.3 is 15.2 Å². The van der Waals surface area contributed by atoms with E-state index in [2.05, 4.69) is 15.9 Å². The minimum absolute atomic E-state index is 0.698. The van der Waals surface area contributed by atoms with Crippen LogP contribution in [0.1, 0.15) is 10.4 Å². The van der Waals surface area contributed by atoms with Crippen molar-refractivity contribution < 1.29 is 33.5 Å². The van der Waals surface area contributed by atoms with Crippen molar-refractivity contribution in [1.82, 2.24) is 0 Å². The maximum Gasteiger partial charge on any atom is 0.337 e. The SMILES string of the molecule is O=Cc1cccc(Br)c1.O=P(O)(O)CP(=O)(O)O. The van der Waals surface area contributed by atoms with Gasteiger partial charge in [-0.15, -0.1) is 0 Å². The molecule has 102 valence electrons. The topological polar surface area (TPSA) is 132 Å². The second-order valence-corrected chi connectivity index (χ2v) is 7.85. The summed E-state index contributed by atoms with van der Waals surface area (Å²) in [6.45, 7) is 0. The summed E-state index contributed by atoms with van der Waals surface area (Å²) in [5.74, 6) is -1.38. The van der Waals surface area contributed by atoms with Crippen molar-refractivity contribution in [2.24, 2.45) is 0 Å². The molecule has 0 saturated heterocycles. The zero-order valence-corrected chi connectivity index (χ0v) is 12.3. The number of carbonyl (C=O) groups is 1. The number of hydrogen-bond acceptors (Lipinski definition) is 3. The van der Waals surface area contributed by atoms with Crippen molar-refractivity contribution >= 4 is 37.4 Å². The van der Waals surface area contributed by atoms with Crippen LogP contribution >= 0.6 is 31.1 Å². The fourth-order valence-electron chi connectivity index (χ4n) is 0.820. The Balaban J connectivity index is 0.000000321. The van der Waals surface area contributed by atoms with E-state index in [0.29, 0.717) is 5.56 Å². The third-order valence-corrected chi connectivity index (χ3v) is 4.79. The van der Waals surface area contributed by atoms with E-state index < -0.39 is 21.1 Å². The van der Waals surface area contributed by atoms with Crippen LogP contribution in [0, 0.1) is 0 Å². The number of halogens is 1. The van der Waals surface area contributed by atoms with Crippen LogP contribution in [0.5, 0.6) is 0 Å². The zero-order valence-electron chi connectivity index (χ0n) is 8.88. The Hall–Kier alpha value is -0.330. The van der Waals surface area contributed by atoms with Gasteiger partial charge in [0.2, 0.25) is 0 Å². The Morgan fingerprint density at radius 2 is 1.61 bits per heavy atom. The van der Waals surface area contributed by atoms with Crippen LogP contribution in [0.15, 0.2) is 28.7 Å². The van der Waals surface area contributed by atoms with Gasteiger partial charge in [0.05, 0.1) is 0 Å². The summed E-state index contributed by atoms with van der Waals surface area (Å²) in [5.41, 5.74) is 0.698. The van der Waals surface area contributed by atoms with Crippen molar-refractivity contribution in [2.45, 2.75) is 0 Å². The van der Waals surface area contributed by atoms with E-state index >= 15 is 0 Å². The highest BCUT2D eigenvalue weighted by Gasteiger charge is 2.26. The van der Waals surface area contributed by atoms with Crippen molar-refractivity contribution in [3.8, 4) is 0 Å². The molecular formula is C8H11BrO7P2. The lowest BCUT2D eigenvalue weighted by molar-refractivity contribution is 0.112. The van der Waals surface area contributed by atoms with E-state index in [9.17, 15) is 13.9 Å². The monoisotopic (exact) mass is 360 g/mol. The molecule has 18 heavy (non-hydrogen) atoms. The summed E-state index contributed by atoms with van der Waals surface area (Å²) in [7, 11) is -9.10. The Kier molecular flexibility index (Phi) is 7.17. The number of hydrogen-bond donors (Lipinski definition) is 4. The Labute approximate surface area is 111 Å². The quantitative estimate of drug-likeness (QED) is 0.474. The largest absolute Gasteiger partial charge is 0.337 e. The van der Waals surface area contributed by atoms with Crippen LogP contribution in [0.3, 0.4) is 0 Å². The predicted octanol–water partition coefficient (Wildman–Crippen LogP) is 1.56. The van der Waals surface area contributed by atoms with E-state index in [-0.39, 0.29) is 0 Å². The summed E-state index contributed by atoms with van der Waals surface area (Å²) < 4.78 is 20.6. The molecule has 1 aromatic carbocycles. The maximum absolute atomic E-state index is 10.1. The molecule has 0 atom stereocenters. The molecule has 7 nitrogen and oxygen atoms in total. The minimum atomic E-state index is -4.55. The highest BCUT2D eigenvalue weighted by atomic mass is 79.9. The van der Waals surface area contributed by atoms with Crippen molar-refractivity contribution in [1.29, 1.82) is 0 Å². The molecule has 0 unspecified atom stereocenters. The number of benzene rings is 1. The van der Waals surface area contributed by atoms with Crippen molar-refractivity contribution in [3.63, 3.8) is 0 Å². The molecule has 0 aromatic heterocycles. The second-order valence-electron chi connectivity index (χ2n) is 3.14. The molecule has 4 N–H and O–H groups in total. The highest BCUT2D eigenvalue weighted by molar-refractivity contribution is 9.10. The molecule has 0 aliphatic heterocycles. The lowest BCUT2D eigenvalue weighted by Crippen LogP contribution is -1.88. The Morgan fingerprint density at radius 1 is 1.11 bits per heavy atom. The summed E-state index contributed by atoms with van der Waals surface area (Å²) in [5, 5.41) is 0. The van der Waals surface area contributed by atoms with Gasteiger partial charge in [-0.25, -0.2) is 0 Å². The normalized spacial score (nSPS) is 11.4. The first-order valence-electron chi connectivity index (χ1n) is 4.33. The molecule has 0 aliphatic carbocycles. The standard InChI is InChI=1S/C7H5BrO.CH6O6P2/c8-7-3-1-2-6(4-7)5-9;2-8(3,4)1-9(5,6)7/h1-5H;1H2,(H2,2,3,4)(H2,5,6,7). The predicted molar refractivity (Wildman–Crippen MR) is 68.5 cm³/mol. The molecule has 0 fully saturated rings. The molecule has 0 saturated carbocycles. The van der Waals surface area contributed by atoms with Gasteiger partial charge in [0.1, 0.15) is 6.29 Å². The number of aldehydes is 1. The Morgan fingerprint density at radius 3 is 1.83 bits per heavy atom. The van der Waals surface area contributed by atoms with Crippen LogP contribution < -0.4 is 0 Å². The van der Waals surface area contributed by atoms with E-state index in [1.165, 1.54) is 0 Å². The van der Waals surface area contributed by atoms with E-state index in [1.54, 1.807) is 12.1 Å². The van der Waals surface area contributed by atoms with Gasteiger partial charge in [0.25, 0.3) is 0 Å². The smallest absolute Gasteiger partial charge is 0.324 e. The van der Waals surface area contributed by atoms with E-state index in [0.717, 1.165) is 10.8 Å². The van der Waals surface area contributed by atoms with Crippen LogP contribution in [0.25, 0.3) is 0 Å². The van der Waals surface area contributed by atoms with Crippen molar-refractivity contribution in [3.05, 3.63) is 34.3 Å². The number of rotatable bonds is 3. The summed E-state index contributed by atoms with van der Waals surface area (Å²) in [6, 6.07) is 7.24. The average Bonchev–Trinajstić information content (AvgIpc) is 2.12. The van der Waals surface area contributed by atoms with Gasteiger partial charge < -0.3 is 19.6 Å². The third-order valence-electron chi connectivity index (χ3n) is 1.35. The summed E-state index contributed by atoms with van der Waals surface area (Å²) in [4.78, 5) is 42.0. The lowest BCUT2D eigenvalue weighted by Gasteiger charge is -2.03. The molecule has 0 bridgehead atoms. The highest BCUT2D eigenvalue weighted by Crippen LogP contribution is 2.51. The summed E-state index contributed by atoms with van der Waals surface area (Å²) in [6.07, 6.45) is 0.824. The van der Waals surface area contributed by atoms with Crippen LogP contribution in [0.2, 0.25) is 0 Å². The molecule has 0 heterocycles. The zero-order chi connectivity index (χ0) is 14.4. The molecule has 0 amide bonds. The Bertz CT molecular complexity index is 472. The van der Waals surface area contributed by atoms with Gasteiger partial charge in [0, 0.05) is 10.0 Å². The van der Waals surface area contributed by atoms with Gasteiger partial charge in [-0.1, -0.05) is 28.1 Å². The van der Waals surface area contributed by atoms with E-state index in [1.807, 2.05) is 12.1 Å². The molecule has 10 heteroatoms. The van der Waals surface area contributed by atoms with Gasteiger partial charge in [-0.2, -0.15) is 0 Å². The van der Waals surface area contributed by atoms with Crippen LogP contribution in [0.4, 0.5) is 0 Å². The molecule has 0 aliphatic rings. The fraction of sp³-hybridized carbons (Fsp3) is 0.125. The van der Waals surface area contributed by atoms with Crippen LogP contribution in [-0.2, 0) is 9.13 Å². The first-order chi connectivity index (χ1) is 8.03. The first-order valence-corrected chi connectivity index (χ1v) is 8.72. The van der Waals surface area contributed by atoms with Crippen LogP contribution in [-0.4, -0.2) is 31.8 Å². The molecule has 1 rings (SSSR count). The molecule has 0 spiro atoms. The van der Waals surface area contributed by atoms with Gasteiger partial charge in [-0.3, -0.25) is 13.9 Å². The molecular weight excluding hydrogens is 350 g/mol. The molecule has 1 aromatic rings. The third kappa shape index (κ3) is 10.8. The van der Waals surface area contributed by atoms with Gasteiger partial charge in [-0.05, 0) is 12.1 Å². The second kappa shape index (κ2) is 7.31. The maximum atomic E-state index is 10.1. The van der Waals surface area contributed by atoms with Crippen molar-refractivity contribution in [2.75, 3.05) is 5.90 Å². The number of carbonyl (C=O) groups excluding carboxylic acids is 1. The van der Waals surface area contributed by atoms with Gasteiger partial charge in [0.15, 0.2) is 5.90 Å². The fourth-order valence-corrected chi connectivity index (χ4v) is 3.16. The minimum Gasteiger partial charge on any atom is -0.324 e.